The van der Waals surface area contributed by atoms with E-state index in [4.69, 9.17) is 14.2 Å². The van der Waals surface area contributed by atoms with Gasteiger partial charge in [0, 0.05) is 12.0 Å². The molecule has 0 heterocycles. The average Bonchev–Trinajstić information content (AvgIpc) is 2.47. The van der Waals surface area contributed by atoms with Gasteiger partial charge in [0.15, 0.2) is 17.3 Å². The number of ether oxygens (including phenoxy) is 3. The Balaban J connectivity index is 2.75. The lowest BCUT2D eigenvalue weighted by Crippen LogP contribution is -2.08. The van der Waals surface area contributed by atoms with Crippen LogP contribution in [0, 0.1) is 0 Å². The Hall–Kier alpha value is -2.04. The van der Waals surface area contributed by atoms with Crippen LogP contribution in [0.5, 0.6) is 11.5 Å². The smallest absolute Gasteiger partial charge is 0.306 e. The summed E-state index contributed by atoms with van der Waals surface area (Å²) < 4.78 is 15.7. The van der Waals surface area contributed by atoms with Crippen molar-refractivity contribution in [2.45, 2.75) is 33.6 Å². The predicted molar refractivity (Wildman–Crippen MR) is 79.0 cm³/mol. The summed E-state index contributed by atoms with van der Waals surface area (Å²) in [7, 11) is 0. The maximum Gasteiger partial charge on any atom is 0.306 e. The summed E-state index contributed by atoms with van der Waals surface area (Å²) >= 11 is 0. The van der Waals surface area contributed by atoms with Crippen molar-refractivity contribution in [1.82, 2.24) is 0 Å². The minimum absolute atomic E-state index is 0.0872. The van der Waals surface area contributed by atoms with Crippen molar-refractivity contribution in [1.29, 1.82) is 0 Å². The monoisotopic (exact) mass is 294 g/mol. The van der Waals surface area contributed by atoms with Gasteiger partial charge in [-0.15, -0.1) is 0 Å². The molecule has 0 spiro atoms. The van der Waals surface area contributed by atoms with Crippen LogP contribution in [0.2, 0.25) is 0 Å². The molecular weight excluding hydrogens is 272 g/mol. The van der Waals surface area contributed by atoms with Crippen LogP contribution in [-0.4, -0.2) is 31.6 Å². The van der Waals surface area contributed by atoms with E-state index in [0.717, 1.165) is 0 Å². The maximum atomic E-state index is 12.1. The van der Waals surface area contributed by atoms with E-state index in [1.165, 1.54) is 0 Å². The quantitative estimate of drug-likeness (QED) is 0.517. The normalized spacial score (nSPS) is 10.0. The molecule has 0 aromatic heterocycles. The van der Waals surface area contributed by atoms with Crippen molar-refractivity contribution in [3.8, 4) is 11.5 Å². The highest BCUT2D eigenvalue weighted by Crippen LogP contribution is 2.29. The number of benzene rings is 1. The van der Waals surface area contributed by atoms with Gasteiger partial charge in [0.2, 0.25) is 0 Å². The summed E-state index contributed by atoms with van der Waals surface area (Å²) in [4.78, 5) is 23.3. The lowest BCUT2D eigenvalue weighted by molar-refractivity contribution is -0.143. The van der Waals surface area contributed by atoms with Gasteiger partial charge < -0.3 is 14.2 Å². The van der Waals surface area contributed by atoms with Crippen molar-refractivity contribution in [2.24, 2.45) is 0 Å². The van der Waals surface area contributed by atoms with E-state index in [9.17, 15) is 9.59 Å². The summed E-state index contributed by atoms with van der Waals surface area (Å²) in [5.41, 5.74) is 0.506. The molecule has 116 valence electrons. The topological polar surface area (TPSA) is 61.8 Å². The highest BCUT2D eigenvalue weighted by Gasteiger charge is 2.13. The molecule has 0 atom stereocenters. The predicted octanol–water partition coefficient (Wildman–Crippen LogP) is 3.01. The van der Waals surface area contributed by atoms with Gasteiger partial charge in [0.1, 0.15) is 0 Å². The first-order valence-electron chi connectivity index (χ1n) is 7.20. The van der Waals surface area contributed by atoms with Gasteiger partial charge in [0.05, 0.1) is 26.2 Å². The number of carbonyl (C=O) groups is 2. The molecule has 0 saturated carbocycles. The minimum atomic E-state index is -0.359. The lowest BCUT2D eigenvalue weighted by atomic mass is 10.1. The van der Waals surface area contributed by atoms with E-state index >= 15 is 0 Å². The molecule has 1 aromatic carbocycles. The lowest BCUT2D eigenvalue weighted by Gasteiger charge is -2.12. The van der Waals surface area contributed by atoms with Crippen LogP contribution in [-0.2, 0) is 9.53 Å². The van der Waals surface area contributed by atoms with Crippen LogP contribution >= 0.6 is 0 Å². The molecule has 0 fully saturated rings. The third-order valence-corrected chi connectivity index (χ3v) is 2.73. The van der Waals surface area contributed by atoms with E-state index in [2.05, 4.69) is 0 Å². The zero-order chi connectivity index (χ0) is 15.7. The second-order valence-corrected chi connectivity index (χ2v) is 4.26. The summed E-state index contributed by atoms with van der Waals surface area (Å²) in [5, 5.41) is 0. The fraction of sp³-hybridized carbons (Fsp3) is 0.500. The average molecular weight is 294 g/mol. The molecule has 5 nitrogen and oxygen atoms in total. The number of hydrogen-bond acceptors (Lipinski definition) is 5. The number of hydrogen-bond donors (Lipinski definition) is 0. The first kappa shape index (κ1) is 17.0. The van der Waals surface area contributed by atoms with E-state index in [1.54, 1.807) is 25.1 Å². The second kappa shape index (κ2) is 9.00. The molecule has 0 aliphatic heterocycles. The van der Waals surface area contributed by atoms with E-state index < -0.39 is 0 Å². The highest BCUT2D eigenvalue weighted by atomic mass is 16.5. The molecule has 21 heavy (non-hydrogen) atoms. The molecule has 0 aliphatic carbocycles. The van der Waals surface area contributed by atoms with Crippen LogP contribution in [0.1, 0.15) is 44.0 Å². The van der Waals surface area contributed by atoms with E-state index in [-0.39, 0.29) is 24.6 Å². The van der Waals surface area contributed by atoms with Gasteiger partial charge >= 0.3 is 5.97 Å². The zero-order valence-corrected chi connectivity index (χ0v) is 12.8. The van der Waals surface area contributed by atoms with Crippen LogP contribution in [0.15, 0.2) is 18.2 Å². The van der Waals surface area contributed by atoms with Crippen LogP contribution < -0.4 is 9.47 Å². The molecule has 0 radical (unpaired) electrons. The summed E-state index contributed by atoms with van der Waals surface area (Å²) in [5.74, 6) is 0.677. The van der Waals surface area contributed by atoms with Crippen molar-refractivity contribution in [3.63, 3.8) is 0 Å². The number of carbonyl (C=O) groups excluding carboxylic acids is 2. The van der Waals surface area contributed by atoms with Crippen LogP contribution in [0.4, 0.5) is 0 Å². The second-order valence-electron chi connectivity index (χ2n) is 4.26. The van der Waals surface area contributed by atoms with Gasteiger partial charge in [-0.2, -0.15) is 0 Å². The zero-order valence-electron chi connectivity index (χ0n) is 12.8. The Labute approximate surface area is 125 Å². The summed E-state index contributed by atoms with van der Waals surface area (Å²) in [6.07, 6.45) is 0.211. The Morgan fingerprint density at radius 3 is 2.19 bits per heavy atom. The van der Waals surface area contributed by atoms with Gasteiger partial charge in [-0.25, -0.2) is 0 Å². The molecule has 1 rings (SSSR count). The molecule has 0 unspecified atom stereocenters. The Bertz CT molecular complexity index is 482. The van der Waals surface area contributed by atoms with Crippen LogP contribution in [0.25, 0.3) is 0 Å². The molecule has 5 heteroatoms. The standard InChI is InChI=1S/C16H22O5/c1-4-19-14-9-7-12(11-15(14)20-5-2)13(17)8-10-16(18)21-6-3/h7,9,11H,4-6,8,10H2,1-3H3. The highest BCUT2D eigenvalue weighted by molar-refractivity contribution is 5.98. The third-order valence-electron chi connectivity index (χ3n) is 2.73. The maximum absolute atomic E-state index is 12.1. The fourth-order valence-electron chi connectivity index (χ4n) is 1.82. The summed E-state index contributed by atoms with van der Waals surface area (Å²) in [6.45, 7) is 6.82. The molecular formula is C16H22O5. The Morgan fingerprint density at radius 2 is 1.57 bits per heavy atom. The molecule has 0 amide bonds. The van der Waals surface area contributed by atoms with Crippen molar-refractivity contribution >= 4 is 11.8 Å². The largest absolute Gasteiger partial charge is 0.490 e. The van der Waals surface area contributed by atoms with E-state index in [1.807, 2.05) is 13.8 Å². The first-order valence-corrected chi connectivity index (χ1v) is 7.20. The molecule has 0 saturated heterocycles. The minimum Gasteiger partial charge on any atom is -0.490 e. The first-order chi connectivity index (χ1) is 10.1. The third kappa shape index (κ3) is 5.45. The fourth-order valence-corrected chi connectivity index (χ4v) is 1.82. The number of esters is 1. The van der Waals surface area contributed by atoms with Gasteiger partial charge in [-0.1, -0.05) is 0 Å². The number of rotatable bonds is 9. The molecule has 0 N–H and O–H groups in total. The molecule has 0 bridgehead atoms. The van der Waals surface area contributed by atoms with Gasteiger partial charge in [-0.05, 0) is 39.0 Å². The SMILES string of the molecule is CCOC(=O)CCC(=O)c1ccc(OCC)c(OCC)c1. The number of Topliss-reactive ketones (excluding diaryl/α,β-unsaturated/α-hetero) is 1. The number of ketones is 1. The Kier molecular flexibility index (Phi) is 7.29. The summed E-state index contributed by atoms with van der Waals surface area (Å²) in [6, 6.07) is 5.05. The van der Waals surface area contributed by atoms with Gasteiger partial charge in [0.25, 0.3) is 0 Å². The van der Waals surface area contributed by atoms with Crippen molar-refractivity contribution in [2.75, 3.05) is 19.8 Å². The van der Waals surface area contributed by atoms with Crippen molar-refractivity contribution in [3.05, 3.63) is 23.8 Å². The molecule has 1 aromatic rings. The van der Waals surface area contributed by atoms with E-state index in [0.29, 0.717) is 36.9 Å². The Morgan fingerprint density at radius 1 is 0.905 bits per heavy atom. The van der Waals surface area contributed by atoms with Gasteiger partial charge in [-0.3, -0.25) is 9.59 Å². The molecule has 0 aliphatic rings. The van der Waals surface area contributed by atoms with Crippen molar-refractivity contribution < 1.29 is 23.8 Å². The van der Waals surface area contributed by atoms with Crippen LogP contribution in [0.3, 0.4) is 0 Å².